The number of aryl methyl sites for hydroxylation is 1. The summed E-state index contributed by atoms with van der Waals surface area (Å²) >= 11 is 0. The third-order valence-corrected chi connectivity index (χ3v) is 2.93. The van der Waals surface area contributed by atoms with Gasteiger partial charge in [-0.2, -0.15) is 5.10 Å². The number of carbonyl (C=O) groups is 1. The van der Waals surface area contributed by atoms with Crippen molar-refractivity contribution in [2.75, 3.05) is 12.3 Å². The molecule has 2 aromatic rings. The molecule has 21 heavy (non-hydrogen) atoms. The number of rotatable bonds is 5. The molecule has 2 heterocycles. The summed E-state index contributed by atoms with van der Waals surface area (Å²) < 4.78 is 1.69. The third-order valence-electron chi connectivity index (χ3n) is 2.93. The van der Waals surface area contributed by atoms with E-state index in [1.165, 1.54) is 6.07 Å². The molecular weight excluding hydrogens is 276 g/mol. The van der Waals surface area contributed by atoms with Gasteiger partial charge in [-0.1, -0.05) is 0 Å². The van der Waals surface area contributed by atoms with E-state index in [4.69, 9.17) is 5.73 Å². The summed E-state index contributed by atoms with van der Waals surface area (Å²) in [6.45, 7) is 0.331. The van der Waals surface area contributed by atoms with Gasteiger partial charge in [-0.25, -0.2) is 4.98 Å². The maximum atomic E-state index is 12.0. The average Bonchev–Trinajstić information content (AvgIpc) is 2.84. The van der Waals surface area contributed by atoms with Crippen LogP contribution in [0.2, 0.25) is 0 Å². The molecule has 3 N–H and O–H groups in total. The Morgan fingerprint density at radius 3 is 2.95 bits per heavy atom. The lowest BCUT2D eigenvalue weighted by Crippen LogP contribution is -2.27. The van der Waals surface area contributed by atoms with Crippen molar-refractivity contribution in [1.82, 2.24) is 20.1 Å². The molecule has 0 unspecified atom stereocenters. The van der Waals surface area contributed by atoms with Gasteiger partial charge in [0.1, 0.15) is 17.6 Å². The summed E-state index contributed by atoms with van der Waals surface area (Å²) in [7, 11) is 1.80. The molecule has 0 bridgehead atoms. The summed E-state index contributed by atoms with van der Waals surface area (Å²) in [6.07, 6.45) is 3.20. The standard InChI is InChI=1S/C12H14N6O3/c1-17-8(3-5-16-17)2-4-14-12(19)9-6-11(13)15-7-10(9)18(20)21/h3,5-7H,2,4H2,1H3,(H2,13,15)(H,14,19). The fourth-order valence-corrected chi connectivity index (χ4v) is 1.84. The van der Waals surface area contributed by atoms with Crippen LogP contribution in [-0.4, -0.2) is 32.1 Å². The maximum Gasteiger partial charge on any atom is 0.300 e. The molecule has 0 atom stereocenters. The normalized spacial score (nSPS) is 10.3. The molecule has 9 heteroatoms. The van der Waals surface area contributed by atoms with Crippen LogP contribution in [0.1, 0.15) is 16.1 Å². The van der Waals surface area contributed by atoms with Gasteiger partial charge in [0.2, 0.25) is 0 Å². The third kappa shape index (κ3) is 3.32. The second kappa shape index (κ2) is 5.99. The van der Waals surface area contributed by atoms with E-state index in [2.05, 4.69) is 15.4 Å². The SMILES string of the molecule is Cn1nccc1CCNC(=O)c1cc(N)ncc1[N+](=O)[O-]. The van der Waals surface area contributed by atoms with Crippen molar-refractivity contribution >= 4 is 17.4 Å². The van der Waals surface area contributed by atoms with E-state index >= 15 is 0 Å². The van der Waals surface area contributed by atoms with Crippen LogP contribution in [0.25, 0.3) is 0 Å². The van der Waals surface area contributed by atoms with Crippen LogP contribution in [-0.2, 0) is 13.5 Å². The van der Waals surface area contributed by atoms with Gasteiger partial charge in [0.05, 0.1) is 4.92 Å². The minimum atomic E-state index is -0.664. The lowest BCUT2D eigenvalue weighted by molar-refractivity contribution is -0.385. The smallest absolute Gasteiger partial charge is 0.300 e. The zero-order valence-electron chi connectivity index (χ0n) is 11.3. The number of pyridine rings is 1. The van der Waals surface area contributed by atoms with Crippen molar-refractivity contribution in [3.63, 3.8) is 0 Å². The highest BCUT2D eigenvalue weighted by molar-refractivity contribution is 5.98. The molecule has 0 radical (unpaired) electrons. The number of nitrogens with two attached hydrogens (primary N) is 1. The van der Waals surface area contributed by atoms with E-state index in [9.17, 15) is 14.9 Å². The first kappa shape index (κ1) is 14.4. The van der Waals surface area contributed by atoms with Crippen molar-refractivity contribution in [3.05, 3.63) is 45.9 Å². The van der Waals surface area contributed by atoms with Gasteiger partial charge in [-0.15, -0.1) is 0 Å². The lowest BCUT2D eigenvalue weighted by Gasteiger charge is -2.06. The number of nitrogens with one attached hydrogen (secondary N) is 1. The Morgan fingerprint density at radius 1 is 1.57 bits per heavy atom. The van der Waals surface area contributed by atoms with Crippen LogP contribution in [0.4, 0.5) is 11.5 Å². The Bertz CT molecular complexity index is 681. The molecule has 0 aliphatic rings. The summed E-state index contributed by atoms with van der Waals surface area (Å²) in [5, 5.41) is 17.5. The fourth-order valence-electron chi connectivity index (χ4n) is 1.84. The summed E-state index contributed by atoms with van der Waals surface area (Å²) in [6, 6.07) is 3.02. The molecule has 0 aliphatic carbocycles. The predicted octanol–water partition coefficient (Wildman–Crippen LogP) is 0.278. The Morgan fingerprint density at radius 2 is 2.33 bits per heavy atom. The van der Waals surface area contributed by atoms with Crippen molar-refractivity contribution in [3.8, 4) is 0 Å². The number of hydrogen-bond acceptors (Lipinski definition) is 6. The first-order valence-electron chi connectivity index (χ1n) is 6.14. The summed E-state index contributed by atoms with van der Waals surface area (Å²) in [5.74, 6) is -0.504. The number of nitrogens with zero attached hydrogens (tertiary/aromatic N) is 4. The quantitative estimate of drug-likeness (QED) is 0.601. The Balaban J connectivity index is 2.05. The van der Waals surface area contributed by atoms with Crippen molar-refractivity contribution in [1.29, 1.82) is 0 Å². The molecular formula is C12H14N6O3. The monoisotopic (exact) mass is 290 g/mol. The number of nitro groups is 1. The largest absolute Gasteiger partial charge is 0.384 e. The number of carbonyl (C=O) groups excluding carboxylic acids is 1. The zero-order chi connectivity index (χ0) is 15.4. The summed E-state index contributed by atoms with van der Waals surface area (Å²) in [4.78, 5) is 25.8. The Labute approximate surface area is 119 Å². The molecule has 0 fully saturated rings. The van der Waals surface area contributed by atoms with Gasteiger partial charge in [0, 0.05) is 31.9 Å². The number of nitrogen functional groups attached to an aromatic ring is 1. The van der Waals surface area contributed by atoms with E-state index in [1.807, 2.05) is 6.07 Å². The highest BCUT2D eigenvalue weighted by atomic mass is 16.6. The minimum absolute atomic E-state index is 0.0531. The van der Waals surface area contributed by atoms with Gasteiger partial charge in [-0.05, 0) is 12.1 Å². The van der Waals surface area contributed by atoms with Crippen LogP contribution in [0, 0.1) is 10.1 Å². The van der Waals surface area contributed by atoms with E-state index in [-0.39, 0.29) is 17.1 Å². The zero-order valence-corrected chi connectivity index (χ0v) is 11.3. The molecule has 0 aromatic carbocycles. The van der Waals surface area contributed by atoms with Gasteiger partial charge in [0.15, 0.2) is 0 Å². The number of amides is 1. The van der Waals surface area contributed by atoms with Crippen LogP contribution >= 0.6 is 0 Å². The molecule has 0 aliphatic heterocycles. The van der Waals surface area contributed by atoms with Crippen LogP contribution in [0.5, 0.6) is 0 Å². The molecule has 0 spiro atoms. The Kier molecular flexibility index (Phi) is 4.12. The summed E-state index contributed by atoms with van der Waals surface area (Å²) in [5.41, 5.74) is 5.94. The molecule has 110 valence electrons. The van der Waals surface area contributed by atoms with Gasteiger partial charge in [-0.3, -0.25) is 19.6 Å². The van der Waals surface area contributed by atoms with Crippen LogP contribution < -0.4 is 11.1 Å². The van der Waals surface area contributed by atoms with Gasteiger partial charge in [0.25, 0.3) is 11.6 Å². The lowest BCUT2D eigenvalue weighted by atomic mass is 10.2. The number of anilines is 1. The van der Waals surface area contributed by atoms with Crippen molar-refractivity contribution in [2.24, 2.45) is 7.05 Å². The number of aromatic nitrogens is 3. The average molecular weight is 290 g/mol. The highest BCUT2D eigenvalue weighted by Gasteiger charge is 2.20. The van der Waals surface area contributed by atoms with Crippen LogP contribution in [0.3, 0.4) is 0 Å². The van der Waals surface area contributed by atoms with Gasteiger partial charge < -0.3 is 11.1 Å². The second-order valence-electron chi connectivity index (χ2n) is 4.34. The van der Waals surface area contributed by atoms with E-state index < -0.39 is 10.8 Å². The first-order chi connectivity index (χ1) is 9.99. The highest BCUT2D eigenvalue weighted by Crippen LogP contribution is 2.18. The Hall–Kier alpha value is -2.97. The van der Waals surface area contributed by atoms with Crippen LogP contribution in [0.15, 0.2) is 24.5 Å². The van der Waals surface area contributed by atoms with Crippen molar-refractivity contribution < 1.29 is 9.72 Å². The topological polar surface area (TPSA) is 129 Å². The second-order valence-corrected chi connectivity index (χ2v) is 4.34. The maximum absolute atomic E-state index is 12.0. The first-order valence-corrected chi connectivity index (χ1v) is 6.14. The number of hydrogen-bond donors (Lipinski definition) is 2. The molecule has 1 amide bonds. The van der Waals surface area contributed by atoms with E-state index in [0.717, 1.165) is 11.9 Å². The fraction of sp³-hybridized carbons (Fsp3) is 0.250. The van der Waals surface area contributed by atoms with E-state index in [0.29, 0.717) is 13.0 Å². The molecule has 2 aromatic heterocycles. The molecule has 0 saturated heterocycles. The van der Waals surface area contributed by atoms with E-state index in [1.54, 1.807) is 17.9 Å². The minimum Gasteiger partial charge on any atom is -0.384 e. The molecule has 9 nitrogen and oxygen atoms in total. The predicted molar refractivity (Wildman–Crippen MR) is 74.5 cm³/mol. The molecule has 2 rings (SSSR count). The molecule has 0 saturated carbocycles. The van der Waals surface area contributed by atoms with Crippen molar-refractivity contribution in [2.45, 2.75) is 6.42 Å². The van der Waals surface area contributed by atoms with Gasteiger partial charge >= 0.3 is 0 Å².